The third-order valence-corrected chi connectivity index (χ3v) is 3.10. The third kappa shape index (κ3) is 1.93. The molecule has 0 bridgehead atoms. The molecule has 1 saturated heterocycles. The van der Waals surface area contributed by atoms with Gasteiger partial charge in [0.1, 0.15) is 0 Å². The fourth-order valence-electron chi connectivity index (χ4n) is 1.75. The van der Waals surface area contributed by atoms with Crippen molar-refractivity contribution in [3.05, 3.63) is 11.7 Å². The van der Waals surface area contributed by atoms with E-state index in [4.69, 9.17) is 4.52 Å². The predicted molar refractivity (Wildman–Crippen MR) is 56.0 cm³/mol. The predicted octanol–water partition coefficient (Wildman–Crippen LogP) is 1.60. The maximum Gasteiger partial charge on any atom is 0.244 e. The van der Waals surface area contributed by atoms with E-state index in [0.717, 1.165) is 24.0 Å². The molecule has 14 heavy (non-hydrogen) atoms. The summed E-state index contributed by atoms with van der Waals surface area (Å²) in [5, 5.41) is 7.31. The fraction of sp³-hybridized carbons (Fsp3) is 0.778. The molecular weight excluding hydrogens is 198 g/mol. The van der Waals surface area contributed by atoms with E-state index in [0.29, 0.717) is 5.92 Å². The third-order valence-electron chi connectivity index (χ3n) is 2.56. The highest BCUT2D eigenvalue weighted by Gasteiger charge is 2.28. The van der Waals surface area contributed by atoms with Crippen LogP contribution in [0.3, 0.4) is 0 Å². The van der Waals surface area contributed by atoms with Crippen LogP contribution < -0.4 is 5.32 Å². The standard InChI is InChI=1S/C9H15N3OS/c1-6-3-4-10-8(6)9-11-7(5-14-2)12-13-9/h6,8,10H,3-5H2,1-2H3. The van der Waals surface area contributed by atoms with Gasteiger partial charge in [-0.25, -0.2) is 0 Å². The van der Waals surface area contributed by atoms with Crippen molar-refractivity contribution in [1.29, 1.82) is 0 Å². The molecule has 2 unspecified atom stereocenters. The zero-order valence-corrected chi connectivity index (χ0v) is 9.30. The molecular formula is C9H15N3OS. The van der Waals surface area contributed by atoms with Gasteiger partial charge in [0, 0.05) is 0 Å². The number of hydrogen-bond donors (Lipinski definition) is 1. The van der Waals surface area contributed by atoms with E-state index >= 15 is 0 Å². The Hall–Kier alpha value is -0.550. The van der Waals surface area contributed by atoms with Crippen LogP contribution in [0.1, 0.15) is 31.1 Å². The SMILES string of the molecule is CSCc1noc(C2NCCC2C)n1. The van der Waals surface area contributed by atoms with Gasteiger partial charge in [-0.3, -0.25) is 0 Å². The van der Waals surface area contributed by atoms with Crippen LogP contribution in [-0.2, 0) is 5.75 Å². The first kappa shape index (κ1) is 9.98. The molecule has 78 valence electrons. The molecule has 0 aliphatic carbocycles. The Balaban J connectivity index is 2.08. The van der Waals surface area contributed by atoms with Crippen molar-refractivity contribution in [3.63, 3.8) is 0 Å². The van der Waals surface area contributed by atoms with Crippen LogP contribution >= 0.6 is 11.8 Å². The largest absolute Gasteiger partial charge is 0.338 e. The van der Waals surface area contributed by atoms with E-state index in [1.165, 1.54) is 6.42 Å². The summed E-state index contributed by atoms with van der Waals surface area (Å²) in [6.45, 7) is 3.26. The molecule has 1 aliphatic heterocycles. The van der Waals surface area contributed by atoms with E-state index in [1.807, 2.05) is 6.26 Å². The van der Waals surface area contributed by atoms with E-state index < -0.39 is 0 Å². The molecule has 0 radical (unpaired) electrons. The van der Waals surface area contributed by atoms with Crippen LogP contribution in [0.2, 0.25) is 0 Å². The molecule has 0 amide bonds. The Morgan fingerprint density at radius 2 is 2.50 bits per heavy atom. The molecule has 0 saturated carbocycles. The number of rotatable bonds is 3. The van der Waals surface area contributed by atoms with Crippen molar-refractivity contribution in [2.45, 2.75) is 25.1 Å². The lowest BCUT2D eigenvalue weighted by Crippen LogP contribution is -2.16. The zero-order valence-electron chi connectivity index (χ0n) is 8.49. The molecule has 2 atom stereocenters. The Morgan fingerprint density at radius 3 is 3.14 bits per heavy atom. The van der Waals surface area contributed by atoms with Gasteiger partial charge >= 0.3 is 0 Å². The van der Waals surface area contributed by atoms with Gasteiger partial charge in [0.05, 0.1) is 11.8 Å². The average Bonchev–Trinajstić information content (AvgIpc) is 2.74. The lowest BCUT2D eigenvalue weighted by molar-refractivity contribution is 0.317. The van der Waals surface area contributed by atoms with Crippen LogP contribution in [0.4, 0.5) is 0 Å². The summed E-state index contributed by atoms with van der Waals surface area (Å²) in [6.07, 6.45) is 3.22. The highest BCUT2D eigenvalue weighted by Crippen LogP contribution is 2.27. The van der Waals surface area contributed by atoms with Gasteiger partial charge in [0.25, 0.3) is 0 Å². The molecule has 1 aliphatic rings. The molecule has 2 heterocycles. The molecule has 0 spiro atoms. The molecule has 5 heteroatoms. The van der Waals surface area contributed by atoms with Crippen molar-refractivity contribution in [2.75, 3.05) is 12.8 Å². The topological polar surface area (TPSA) is 51.0 Å². The van der Waals surface area contributed by atoms with E-state index in [1.54, 1.807) is 11.8 Å². The van der Waals surface area contributed by atoms with E-state index in [9.17, 15) is 0 Å². The van der Waals surface area contributed by atoms with Gasteiger partial charge in [-0.1, -0.05) is 12.1 Å². The minimum absolute atomic E-state index is 0.262. The summed E-state index contributed by atoms with van der Waals surface area (Å²) in [5.41, 5.74) is 0. The Kier molecular flexibility index (Phi) is 3.08. The Labute approximate surface area is 87.8 Å². The maximum absolute atomic E-state index is 5.23. The van der Waals surface area contributed by atoms with Crippen LogP contribution in [0.25, 0.3) is 0 Å². The van der Waals surface area contributed by atoms with Crippen LogP contribution in [0, 0.1) is 5.92 Å². The molecule has 0 aromatic carbocycles. The van der Waals surface area contributed by atoms with E-state index in [2.05, 4.69) is 22.4 Å². The average molecular weight is 213 g/mol. The summed E-state index contributed by atoms with van der Waals surface area (Å²) >= 11 is 1.71. The molecule has 2 rings (SSSR count). The highest BCUT2D eigenvalue weighted by atomic mass is 32.2. The lowest BCUT2D eigenvalue weighted by atomic mass is 10.0. The monoisotopic (exact) mass is 213 g/mol. The Morgan fingerprint density at radius 1 is 1.64 bits per heavy atom. The summed E-state index contributed by atoms with van der Waals surface area (Å²) in [4.78, 5) is 4.37. The molecule has 1 fully saturated rings. The second kappa shape index (κ2) is 4.31. The smallest absolute Gasteiger partial charge is 0.244 e. The number of thioether (sulfide) groups is 1. The summed E-state index contributed by atoms with van der Waals surface area (Å²) in [6, 6.07) is 0.262. The van der Waals surface area contributed by atoms with Gasteiger partial charge in [-0.15, -0.1) is 0 Å². The first-order chi connectivity index (χ1) is 6.81. The quantitative estimate of drug-likeness (QED) is 0.826. The number of nitrogens with zero attached hydrogens (tertiary/aromatic N) is 2. The van der Waals surface area contributed by atoms with Crippen LogP contribution in [-0.4, -0.2) is 22.9 Å². The van der Waals surface area contributed by atoms with Crippen molar-refractivity contribution < 1.29 is 4.52 Å². The Bertz CT molecular complexity index is 302. The first-order valence-corrected chi connectivity index (χ1v) is 6.25. The molecule has 4 nitrogen and oxygen atoms in total. The normalized spacial score (nSPS) is 27.0. The maximum atomic E-state index is 5.23. The molecule has 1 aromatic rings. The first-order valence-electron chi connectivity index (χ1n) is 4.86. The fourth-order valence-corrected chi connectivity index (χ4v) is 2.12. The van der Waals surface area contributed by atoms with Crippen molar-refractivity contribution in [1.82, 2.24) is 15.5 Å². The number of nitrogens with one attached hydrogen (secondary N) is 1. The van der Waals surface area contributed by atoms with Gasteiger partial charge in [-0.2, -0.15) is 16.7 Å². The second-order valence-corrected chi connectivity index (χ2v) is 4.55. The lowest BCUT2D eigenvalue weighted by Gasteiger charge is -2.08. The van der Waals surface area contributed by atoms with Gasteiger partial charge in [-0.05, 0) is 25.1 Å². The van der Waals surface area contributed by atoms with Crippen molar-refractivity contribution in [3.8, 4) is 0 Å². The van der Waals surface area contributed by atoms with Gasteiger partial charge in [0.2, 0.25) is 5.89 Å². The molecule has 1 N–H and O–H groups in total. The zero-order chi connectivity index (χ0) is 9.97. The summed E-state index contributed by atoms with van der Waals surface area (Å²) < 4.78 is 5.23. The van der Waals surface area contributed by atoms with Crippen molar-refractivity contribution >= 4 is 11.8 Å². The number of aromatic nitrogens is 2. The minimum atomic E-state index is 0.262. The van der Waals surface area contributed by atoms with Gasteiger partial charge in [0.15, 0.2) is 5.82 Å². The van der Waals surface area contributed by atoms with Crippen LogP contribution in [0.5, 0.6) is 0 Å². The number of hydrogen-bond acceptors (Lipinski definition) is 5. The van der Waals surface area contributed by atoms with Gasteiger partial charge < -0.3 is 9.84 Å². The van der Waals surface area contributed by atoms with Crippen molar-refractivity contribution in [2.24, 2.45) is 5.92 Å². The highest BCUT2D eigenvalue weighted by molar-refractivity contribution is 7.97. The summed E-state index contributed by atoms with van der Waals surface area (Å²) in [7, 11) is 0. The minimum Gasteiger partial charge on any atom is -0.338 e. The van der Waals surface area contributed by atoms with E-state index in [-0.39, 0.29) is 6.04 Å². The summed E-state index contributed by atoms with van der Waals surface area (Å²) in [5.74, 6) is 2.97. The second-order valence-electron chi connectivity index (χ2n) is 3.68. The van der Waals surface area contributed by atoms with Crippen LogP contribution in [0.15, 0.2) is 4.52 Å². The molecule has 1 aromatic heterocycles.